The topological polar surface area (TPSA) is 89.9 Å². The molecule has 10 heteroatoms. The lowest BCUT2D eigenvalue weighted by molar-refractivity contribution is -0.140. The van der Waals surface area contributed by atoms with Gasteiger partial charge in [0, 0.05) is 5.92 Å². The van der Waals surface area contributed by atoms with Crippen molar-refractivity contribution in [3.05, 3.63) is 29.3 Å². The standard InChI is InChI=1S/C25H31F3O6S/c1-24(2,19-11-16-10-17(19)22-14-4-3-13(9-14)21(16)22)34-20-12-15(5-6-18(20)25(26,27)28)23(29)33-7-8-35(30,31)32/h5-6,12-14,16-17,19,21-22H,3-4,7-11H2,1-2H3,(H,30,31,32). The van der Waals surface area contributed by atoms with Gasteiger partial charge in [-0.15, -0.1) is 0 Å². The van der Waals surface area contributed by atoms with Gasteiger partial charge in [-0.3, -0.25) is 4.55 Å². The third kappa shape index (κ3) is 4.56. The maximum absolute atomic E-state index is 13.8. The van der Waals surface area contributed by atoms with Gasteiger partial charge < -0.3 is 9.47 Å². The molecule has 4 fully saturated rings. The molecule has 0 amide bonds. The Morgan fingerprint density at radius 2 is 1.74 bits per heavy atom. The summed E-state index contributed by atoms with van der Waals surface area (Å²) in [6.07, 6.45) is 1.30. The molecule has 1 N–H and O–H groups in total. The number of benzene rings is 1. The Bertz CT molecular complexity index is 1110. The SMILES string of the molecule is CC(C)(Oc1cc(C(=O)OCCS(=O)(=O)O)ccc1C(F)(F)F)C1CC2CC1C1C3CCC(C3)C21. The number of hydrogen-bond donors (Lipinski definition) is 1. The number of halogens is 3. The van der Waals surface area contributed by atoms with Crippen molar-refractivity contribution in [1.29, 1.82) is 0 Å². The number of rotatable bonds is 7. The fourth-order valence-corrected chi connectivity index (χ4v) is 8.31. The average Bonchev–Trinajstić information content (AvgIpc) is 3.51. The number of ether oxygens (including phenoxy) is 2. The number of hydrogen-bond acceptors (Lipinski definition) is 5. The number of carbonyl (C=O) groups excluding carboxylic acids is 1. The smallest absolute Gasteiger partial charge is 0.419 e. The lowest BCUT2D eigenvalue weighted by Crippen LogP contribution is -2.45. The molecule has 4 aliphatic carbocycles. The minimum atomic E-state index is -4.68. The Hall–Kier alpha value is -1.81. The summed E-state index contributed by atoms with van der Waals surface area (Å²) in [7, 11) is -4.33. The van der Waals surface area contributed by atoms with Crippen LogP contribution in [-0.2, 0) is 21.0 Å². The fourth-order valence-electron chi connectivity index (χ4n) is 8.01. The van der Waals surface area contributed by atoms with E-state index in [0.717, 1.165) is 48.8 Å². The van der Waals surface area contributed by atoms with Gasteiger partial charge in [0.25, 0.3) is 10.1 Å². The summed E-state index contributed by atoms with van der Waals surface area (Å²) in [5, 5.41) is 0. The van der Waals surface area contributed by atoms with Crippen molar-refractivity contribution >= 4 is 16.1 Å². The predicted molar refractivity (Wildman–Crippen MR) is 120 cm³/mol. The van der Waals surface area contributed by atoms with Crippen LogP contribution in [0.15, 0.2) is 18.2 Å². The monoisotopic (exact) mass is 516 g/mol. The van der Waals surface area contributed by atoms with Crippen molar-refractivity contribution in [1.82, 2.24) is 0 Å². The molecule has 5 rings (SSSR count). The zero-order valence-electron chi connectivity index (χ0n) is 19.8. The molecule has 0 radical (unpaired) electrons. The van der Waals surface area contributed by atoms with Crippen molar-refractivity contribution < 1.29 is 40.4 Å². The molecule has 0 aliphatic heterocycles. The van der Waals surface area contributed by atoms with Gasteiger partial charge in [0.15, 0.2) is 0 Å². The van der Waals surface area contributed by atoms with Crippen molar-refractivity contribution in [3.63, 3.8) is 0 Å². The van der Waals surface area contributed by atoms with Crippen LogP contribution in [0.2, 0.25) is 0 Å². The second kappa shape index (κ2) is 8.36. The molecule has 1 aromatic rings. The molecule has 7 unspecified atom stereocenters. The van der Waals surface area contributed by atoms with E-state index in [2.05, 4.69) is 0 Å². The van der Waals surface area contributed by atoms with E-state index in [9.17, 15) is 26.4 Å². The maximum Gasteiger partial charge on any atom is 0.419 e. The van der Waals surface area contributed by atoms with Gasteiger partial charge in [-0.1, -0.05) is 0 Å². The van der Waals surface area contributed by atoms with E-state index in [1.54, 1.807) is 0 Å². The number of fused-ring (bicyclic) bond motifs is 9. The van der Waals surface area contributed by atoms with Crippen LogP contribution in [-0.4, -0.2) is 36.9 Å². The summed E-state index contributed by atoms with van der Waals surface area (Å²) >= 11 is 0. The number of esters is 1. The minimum absolute atomic E-state index is 0.138. The summed E-state index contributed by atoms with van der Waals surface area (Å²) in [6, 6.07) is 2.79. The van der Waals surface area contributed by atoms with E-state index in [1.165, 1.54) is 19.3 Å². The quantitative estimate of drug-likeness (QED) is 0.303. The summed E-state index contributed by atoms with van der Waals surface area (Å²) in [5.41, 5.74) is -2.01. The van der Waals surface area contributed by atoms with E-state index in [-0.39, 0.29) is 11.5 Å². The number of carbonyl (C=O) groups is 1. The normalized spacial score (nSPS) is 33.7. The fraction of sp³-hybridized carbons (Fsp3) is 0.720. The first-order valence-electron chi connectivity index (χ1n) is 12.3. The van der Waals surface area contributed by atoms with E-state index in [1.807, 2.05) is 13.8 Å². The Labute approximate surface area is 203 Å². The van der Waals surface area contributed by atoms with Crippen LogP contribution in [0.4, 0.5) is 13.2 Å². The molecule has 4 aliphatic rings. The molecule has 0 heterocycles. The van der Waals surface area contributed by atoms with Gasteiger partial charge in [0.2, 0.25) is 0 Å². The van der Waals surface area contributed by atoms with E-state index in [0.29, 0.717) is 17.8 Å². The molecule has 6 nitrogen and oxygen atoms in total. The maximum atomic E-state index is 13.8. The summed E-state index contributed by atoms with van der Waals surface area (Å²) in [4.78, 5) is 12.3. The Kier molecular flexibility index (Phi) is 5.94. The van der Waals surface area contributed by atoms with Crippen LogP contribution < -0.4 is 4.74 Å². The van der Waals surface area contributed by atoms with Gasteiger partial charge in [0.1, 0.15) is 23.7 Å². The van der Waals surface area contributed by atoms with E-state index >= 15 is 0 Å². The summed E-state index contributed by atoms with van der Waals surface area (Å²) < 4.78 is 82.8. The van der Waals surface area contributed by atoms with E-state index in [4.69, 9.17) is 14.0 Å². The molecular formula is C25H31F3O6S. The Morgan fingerprint density at radius 1 is 1.06 bits per heavy atom. The molecule has 4 bridgehead atoms. The van der Waals surface area contributed by atoms with Crippen LogP contribution >= 0.6 is 0 Å². The third-order valence-electron chi connectivity index (χ3n) is 9.10. The number of alkyl halides is 3. The third-order valence-corrected chi connectivity index (χ3v) is 9.78. The molecule has 4 saturated carbocycles. The highest BCUT2D eigenvalue weighted by atomic mass is 32.2. The van der Waals surface area contributed by atoms with Gasteiger partial charge in [-0.25, -0.2) is 4.79 Å². The van der Waals surface area contributed by atoms with Crippen LogP contribution in [0.5, 0.6) is 5.75 Å². The summed E-state index contributed by atoms with van der Waals surface area (Å²) in [6.45, 7) is 3.08. The highest BCUT2D eigenvalue weighted by Crippen LogP contribution is 2.70. The predicted octanol–water partition coefficient (Wildman–Crippen LogP) is 5.23. The van der Waals surface area contributed by atoms with Gasteiger partial charge in [-0.05, 0) is 99.7 Å². The molecule has 35 heavy (non-hydrogen) atoms. The average molecular weight is 517 g/mol. The van der Waals surface area contributed by atoms with Gasteiger partial charge in [0.05, 0.1) is 11.1 Å². The van der Waals surface area contributed by atoms with Crippen LogP contribution in [0.1, 0.15) is 61.9 Å². The lowest BCUT2D eigenvalue weighted by atomic mass is 9.64. The van der Waals surface area contributed by atoms with Crippen LogP contribution in [0, 0.1) is 41.4 Å². The van der Waals surface area contributed by atoms with E-state index < -0.39 is 51.5 Å². The zero-order chi connectivity index (χ0) is 25.3. The Morgan fingerprint density at radius 3 is 2.40 bits per heavy atom. The molecule has 0 spiro atoms. The van der Waals surface area contributed by atoms with Crippen LogP contribution in [0.25, 0.3) is 0 Å². The molecular weight excluding hydrogens is 485 g/mol. The molecule has 0 aromatic heterocycles. The molecule has 7 atom stereocenters. The second-order valence-electron chi connectivity index (χ2n) is 11.3. The van der Waals surface area contributed by atoms with Crippen molar-refractivity contribution in [2.45, 2.75) is 57.7 Å². The van der Waals surface area contributed by atoms with Gasteiger partial charge >= 0.3 is 12.1 Å². The highest BCUT2D eigenvalue weighted by Gasteiger charge is 2.64. The van der Waals surface area contributed by atoms with Crippen molar-refractivity contribution in [3.8, 4) is 5.75 Å². The summed E-state index contributed by atoms with van der Waals surface area (Å²) in [5.74, 6) is 2.00. The first kappa shape index (κ1) is 24.9. The zero-order valence-corrected chi connectivity index (χ0v) is 20.6. The van der Waals surface area contributed by atoms with Crippen LogP contribution in [0.3, 0.4) is 0 Å². The first-order chi connectivity index (χ1) is 16.2. The first-order valence-corrected chi connectivity index (χ1v) is 13.9. The molecule has 1 aromatic carbocycles. The Balaban J connectivity index is 1.36. The van der Waals surface area contributed by atoms with Crippen molar-refractivity contribution in [2.75, 3.05) is 12.4 Å². The lowest BCUT2D eigenvalue weighted by Gasteiger charge is -2.45. The van der Waals surface area contributed by atoms with Gasteiger partial charge in [-0.2, -0.15) is 21.6 Å². The second-order valence-corrected chi connectivity index (χ2v) is 12.9. The highest BCUT2D eigenvalue weighted by molar-refractivity contribution is 7.85. The van der Waals surface area contributed by atoms with Crippen molar-refractivity contribution in [2.24, 2.45) is 41.4 Å². The molecule has 0 saturated heterocycles. The molecule has 194 valence electrons. The largest absolute Gasteiger partial charge is 0.487 e. The minimum Gasteiger partial charge on any atom is -0.487 e.